The van der Waals surface area contributed by atoms with Crippen LogP contribution in [0.25, 0.3) is 0 Å². The van der Waals surface area contributed by atoms with Crippen molar-refractivity contribution in [2.75, 3.05) is 37.7 Å². The minimum atomic E-state index is -1.69. The molecular formula is C22H27ClN6O6. The molecule has 13 heteroatoms. The van der Waals surface area contributed by atoms with E-state index in [-0.39, 0.29) is 48.7 Å². The summed E-state index contributed by atoms with van der Waals surface area (Å²) >= 11 is 5.78. The molecule has 0 bridgehead atoms. The van der Waals surface area contributed by atoms with Gasteiger partial charge in [-0.05, 0) is 42.9 Å². The molecule has 0 saturated heterocycles. The van der Waals surface area contributed by atoms with Crippen LogP contribution in [0.3, 0.4) is 0 Å². The molecule has 1 aromatic heterocycles. The number of aromatic nitrogens is 2. The van der Waals surface area contributed by atoms with Gasteiger partial charge in [0.05, 0.1) is 0 Å². The molecule has 2 aromatic rings. The fourth-order valence-corrected chi connectivity index (χ4v) is 3.75. The van der Waals surface area contributed by atoms with Gasteiger partial charge in [0.1, 0.15) is 18.5 Å². The van der Waals surface area contributed by atoms with E-state index in [2.05, 4.69) is 26.7 Å². The van der Waals surface area contributed by atoms with E-state index in [1.807, 2.05) is 12.1 Å². The number of carboxylic acids is 1. The number of carboxylic acid groups (broad SMARTS) is 1. The van der Waals surface area contributed by atoms with Crippen molar-refractivity contribution in [2.24, 2.45) is 0 Å². The third-order valence-electron chi connectivity index (χ3n) is 5.31. The highest BCUT2D eigenvalue weighted by Crippen LogP contribution is 2.29. The lowest BCUT2D eigenvalue weighted by Crippen LogP contribution is -2.40. The molecule has 188 valence electrons. The number of rotatable bonds is 10. The lowest BCUT2D eigenvalue weighted by Gasteiger charge is -2.22. The van der Waals surface area contributed by atoms with Crippen LogP contribution in [0.4, 0.5) is 11.6 Å². The van der Waals surface area contributed by atoms with Gasteiger partial charge in [0.15, 0.2) is 22.5 Å². The van der Waals surface area contributed by atoms with Crippen molar-refractivity contribution in [2.45, 2.75) is 31.8 Å². The first-order valence-electron chi connectivity index (χ1n) is 11.0. The molecule has 12 nitrogen and oxygen atoms in total. The van der Waals surface area contributed by atoms with E-state index < -0.39 is 23.9 Å². The fourth-order valence-electron chi connectivity index (χ4n) is 3.62. The van der Waals surface area contributed by atoms with Crippen LogP contribution in [-0.2, 0) is 27.2 Å². The number of carbonyl (C=O) groups excluding carboxylic acids is 2. The molecule has 0 saturated carbocycles. The highest BCUT2D eigenvalue weighted by Gasteiger charge is 2.22. The number of aryl methyl sites for hydroxylation is 1. The molecule has 1 heterocycles. The van der Waals surface area contributed by atoms with Gasteiger partial charge in [0.2, 0.25) is 0 Å². The van der Waals surface area contributed by atoms with E-state index in [0.717, 1.165) is 31.2 Å². The SMILES string of the molecule is Nc1nc(N)c(C(=O)NCCNCC(COc2cccc3c2CCCC3)OC(=O)C(=O)O)nc1Cl. The molecule has 1 aliphatic carbocycles. The van der Waals surface area contributed by atoms with E-state index in [4.69, 9.17) is 37.6 Å². The summed E-state index contributed by atoms with van der Waals surface area (Å²) in [7, 11) is 0. The van der Waals surface area contributed by atoms with Crippen molar-refractivity contribution in [1.29, 1.82) is 0 Å². The van der Waals surface area contributed by atoms with Crippen LogP contribution >= 0.6 is 11.6 Å². The Morgan fingerprint density at radius 2 is 1.89 bits per heavy atom. The molecule has 1 unspecified atom stereocenters. The maximum absolute atomic E-state index is 12.2. The number of carbonyl (C=O) groups is 3. The molecule has 0 radical (unpaired) electrons. The van der Waals surface area contributed by atoms with Crippen molar-refractivity contribution < 1.29 is 29.0 Å². The Kier molecular flexibility index (Phi) is 9.04. The van der Waals surface area contributed by atoms with Gasteiger partial charge in [-0.1, -0.05) is 23.7 Å². The summed E-state index contributed by atoms with van der Waals surface area (Å²) in [5.74, 6) is -3.20. The van der Waals surface area contributed by atoms with Gasteiger partial charge in [0.25, 0.3) is 5.91 Å². The predicted octanol–water partition coefficient (Wildman–Crippen LogP) is 0.568. The molecule has 1 aromatic carbocycles. The van der Waals surface area contributed by atoms with Crippen LogP contribution in [0.2, 0.25) is 5.15 Å². The van der Waals surface area contributed by atoms with Crippen LogP contribution < -0.4 is 26.8 Å². The molecule has 0 fully saturated rings. The number of aliphatic carboxylic acids is 1. The number of nitrogen functional groups attached to an aromatic ring is 2. The van der Waals surface area contributed by atoms with Crippen LogP contribution in [-0.4, -0.2) is 65.3 Å². The number of amides is 1. The molecule has 0 aliphatic heterocycles. The molecule has 0 spiro atoms. The highest BCUT2D eigenvalue weighted by atomic mass is 35.5. The quantitative estimate of drug-likeness (QED) is 0.172. The van der Waals surface area contributed by atoms with Crippen molar-refractivity contribution in [3.63, 3.8) is 0 Å². The molecule has 1 atom stereocenters. The van der Waals surface area contributed by atoms with Crippen molar-refractivity contribution in [3.8, 4) is 5.75 Å². The van der Waals surface area contributed by atoms with Crippen LogP contribution in [0.1, 0.15) is 34.5 Å². The number of esters is 1. The average Bonchev–Trinajstić information content (AvgIpc) is 2.84. The zero-order valence-electron chi connectivity index (χ0n) is 18.9. The van der Waals surface area contributed by atoms with Crippen molar-refractivity contribution in [1.82, 2.24) is 20.6 Å². The lowest BCUT2D eigenvalue weighted by atomic mass is 9.91. The second kappa shape index (κ2) is 12.2. The van der Waals surface area contributed by atoms with Crippen LogP contribution in [0.5, 0.6) is 5.75 Å². The number of hydrogen-bond acceptors (Lipinski definition) is 10. The third-order valence-corrected chi connectivity index (χ3v) is 5.58. The summed E-state index contributed by atoms with van der Waals surface area (Å²) in [4.78, 5) is 42.4. The summed E-state index contributed by atoms with van der Waals surface area (Å²) in [6.07, 6.45) is 3.21. The second-order valence-corrected chi connectivity index (χ2v) is 8.20. The Morgan fingerprint density at radius 1 is 1.11 bits per heavy atom. The van der Waals surface area contributed by atoms with Gasteiger partial charge in [-0.25, -0.2) is 19.6 Å². The van der Waals surface area contributed by atoms with Gasteiger partial charge >= 0.3 is 11.9 Å². The number of anilines is 2. The topological polar surface area (TPSA) is 192 Å². The Morgan fingerprint density at radius 3 is 2.66 bits per heavy atom. The number of fused-ring (bicyclic) bond motifs is 1. The van der Waals surface area contributed by atoms with Gasteiger partial charge in [-0.2, -0.15) is 0 Å². The lowest BCUT2D eigenvalue weighted by molar-refractivity contribution is -0.168. The number of benzene rings is 1. The molecule has 7 N–H and O–H groups in total. The van der Waals surface area contributed by atoms with Gasteiger partial charge in [-0.3, -0.25) is 4.79 Å². The van der Waals surface area contributed by atoms with Crippen molar-refractivity contribution in [3.05, 3.63) is 40.2 Å². The Balaban J connectivity index is 1.51. The first-order valence-corrected chi connectivity index (χ1v) is 11.4. The maximum Gasteiger partial charge on any atom is 0.417 e. The molecule has 35 heavy (non-hydrogen) atoms. The Hall–Kier alpha value is -3.64. The first kappa shape index (κ1) is 26.0. The monoisotopic (exact) mass is 506 g/mol. The normalized spacial score (nSPS) is 13.4. The summed E-state index contributed by atoms with van der Waals surface area (Å²) in [6.45, 7) is 0.489. The molecular weight excluding hydrogens is 480 g/mol. The van der Waals surface area contributed by atoms with E-state index in [0.29, 0.717) is 5.75 Å². The number of nitrogens with two attached hydrogens (primary N) is 2. The van der Waals surface area contributed by atoms with E-state index in [9.17, 15) is 14.4 Å². The third kappa shape index (κ3) is 7.17. The largest absolute Gasteiger partial charge is 0.489 e. The number of ether oxygens (including phenoxy) is 2. The standard InChI is InChI=1S/C22H27ClN6O6/c23-17-19(25)29-18(24)16(28-17)20(30)27-9-8-26-10-13(35-22(33)21(31)32)11-34-15-7-3-5-12-4-1-2-6-14(12)15/h3,5,7,13,26H,1-2,4,6,8-11H2,(H,27,30)(H,31,32)(H4,24,25,29). The summed E-state index contributed by atoms with van der Waals surface area (Å²) < 4.78 is 10.9. The van der Waals surface area contributed by atoms with Gasteiger partial charge < -0.3 is 36.7 Å². The minimum absolute atomic E-state index is 0.0368. The number of nitrogens with zero attached hydrogens (tertiary/aromatic N) is 2. The van der Waals surface area contributed by atoms with E-state index in [1.54, 1.807) is 0 Å². The van der Waals surface area contributed by atoms with Gasteiger partial charge in [0, 0.05) is 19.6 Å². The number of halogens is 1. The smallest absolute Gasteiger partial charge is 0.417 e. The maximum atomic E-state index is 12.2. The van der Waals surface area contributed by atoms with Gasteiger partial charge in [-0.15, -0.1) is 0 Å². The zero-order chi connectivity index (χ0) is 25.4. The molecule has 3 rings (SSSR count). The number of hydrogen-bond donors (Lipinski definition) is 5. The van der Waals surface area contributed by atoms with Crippen LogP contribution in [0.15, 0.2) is 18.2 Å². The minimum Gasteiger partial charge on any atom is -0.489 e. The summed E-state index contributed by atoms with van der Waals surface area (Å²) in [5, 5.41) is 14.3. The fraction of sp³-hybridized carbons (Fsp3) is 0.409. The highest BCUT2D eigenvalue weighted by molar-refractivity contribution is 6.31. The Bertz CT molecular complexity index is 1100. The summed E-state index contributed by atoms with van der Waals surface area (Å²) in [6, 6.07) is 5.82. The Labute approximate surface area is 206 Å². The summed E-state index contributed by atoms with van der Waals surface area (Å²) in [5.41, 5.74) is 13.4. The van der Waals surface area contributed by atoms with E-state index >= 15 is 0 Å². The van der Waals surface area contributed by atoms with E-state index in [1.165, 1.54) is 5.56 Å². The van der Waals surface area contributed by atoms with Crippen molar-refractivity contribution >= 4 is 41.1 Å². The number of nitrogens with one attached hydrogen (secondary N) is 2. The molecule has 1 aliphatic rings. The first-order chi connectivity index (χ1) is 16.8. The average molecular weight is 507 g/mol. The second-order valence-electron chi connectivity index (χ2n) is 7.84. The van der Waals surface area contributed by atoms with Crippen LogP contribution in [0, 0.1) is 0 Å². The predicted molar refractivity (Wildman–Crippen MR) is 127 cm³/mol. The molecule has 1 amide bonds. The zero-order valence-corrected chi connectivity index (χ0v) is 19.6.